The number of rotatable bonds is 3. The van der Waals surface area contributed by atoms with Gasteiger partial charge in [0, 0.05) is 0 Å². The molecule has 1 aromatic heterocycles. The summed E-state index contributed by atoms with van der Waals surface area (Å²) < 4.78 is 5.60. The number of nitrogens with one attached hydrogen (secondary N) is 1. The minimum Gasteiger partial charge on any atom is -0.422 e. The Labute approximate surface area is 133 Å². The summed E-state index contributed by atoms with van der Waals surface area (Å²) in [5.74, 6) is 0. The summed E-state index contributed by atoms with van der Waals surface area (Å²) in [6, 6.07) is 22.6. The zero-order valence-electron chi connectivity index (χ0n) is 12.7. The molecule has 0 aliphatic rings. The molecule has 0 saturated heterocycles. The van der Waals surface area contributed by atoms with Gasteiger partial charge in [-0.3, -0.25) is 0 Å². The minimum absolute atomic E-state index is 0.395. The number of para-hydroxylation sites is 2. The van der Waals surface area contributed by atoms with Crippen LogP contribution < -0.4 is 5.43 Å². The van der Waals surface area contributed by atoms with Gasteiger partial charge in [-0.2, -0.15) is 10.1 Å². The van der Waals surface area contributed by atoms with Gasteiger partial charge in [-0.05, 0) is 41.5 Å². The first-order valence-electron chi connectivity index (χ1n) is 7.45. The maximum atomic E-state index is 5.60. The largest absolute Gasteiger partial charge is 0.422 e. The van der Waals surface area contributed by atoms with Crippen LogP contribution >= 0.6 is 0 Å². The molecule has 0 radical (unpaired) electrons. The van der Waals surface area contributed by atoms with Crippen molar-refractivity contribution in [2.24, 2.45) is 5.10 Å². The number of oxazole rings is 1. The van der Waals surface area contributed by atoms with Crippen LogP contribution in [0.2, 0.25) is 0 Å². The topological polar surface area (TPSA) is 50.4 Å². The molecule has 0 atom stereocenters. The molecule has 23 heavy (non-hydrogen) atoms. The van der Waals surface area contributed by atoms with Crippen molar-refractivity contribution in [3.63, 3.8) is 0 Å². The van der Waals surface area contributed by atoms with Crippen LogP contribution in [0.4, 0.5) is 6.01 Å². The molecule has 0 bridgehead atoms. The third-order valence-corrected chi connectivity index (χ3v) is 3.78. The Morgan fingerprint density at radius 1 is 0.957 bits per heavy atom. The zero-order valence-corrected chi connectivity index (χ0v) is 12.7. The molecule has 1 heterocycles. The maximum absolute atomic E-state index is 5.60. The Kier molecular flexibility index (Phi) is 3.27. The second kappa shape index (κ2) is 5.57. The van der Waals surface area contributed by atoms with Crippen LogP contribution in [0.1, 0.15) is 12.5 Å². The molecule has 4 heteroatoms. The Morgan fingerprint density at radius 3 is 2.61 bits per heavy atom. The van der Waals surface area contributed by atoms with E-state index in [0.717, 1.165) is 22.4 Å². The van der Waals surface area contributed by atoms with Crippen LogP contribution in [0.15, 0.2) is 76.2 Å². The zero-order chi connectivity index (χ0) is 15.6. The van der Waals surface area contributed by atoms with Gasteiger partial charge in [0.1, 0.15) is 5.52 Å². The monoisotopic (exact) mass is 301 g/mol. The maximum Gasteiger partial charge on any atom is 0.316 e. The fraction of sp³-hybridized carbons (Fsp3) is 0.0526. The predicted molar refractivity (Wildman–Crippen MR) is 93.8 cm³/mol. The van der Waals surface area contributed by atoms with Gasteiger partial charge in [-0.15, -0.1) is 0 Å². The van der Waals surface area contributed by atoms with Gasteiger partial charge in [0.2, 0.25) is 0 Å². The van der Waals surface area contributed by atoms with Crippen molar-refractivity contribution >= 4 is 33.6 Å². The highest BCUT2D eigenvalue weighted by atomic mass is 16.4. The average molecular weight is 301 g/mol. The highest BCUT2D eigenvalue weighted by Gasteiger charge is 2.04. The van der Waals surface area contributed by atoms with Crippen LogP contribution in [-0.4, -0.2) is 10.7 Å². The number of fused-ring (bicyclic) bond motifs is 2. The molecule has 3 aromatic carbocycles. The van der Waals surface area contributed by atoms with Crippen molar-refractivity contribution in [2.75, 3.05) is 5.43 Å². The van der Waals surface area contributed by atoms with Gasteiger partial charge in [-0.25, -0.2) is 5.43 Å². The molecule has 0 fully saturated rings. The molecular formula is C19H15N3O. The number of anilines is 1. The fourth-order valence-electron chi connectivity index (χ4n) is 2.53. The van der Waals surface area contributed by atoms with Crippen LogP contribution in [0.3, 0.4) is 0 Å². The van der Waals surface area contributed by atoms with E-state index in [1.54, 1.807) is 0 Å². The minimum atomic E-state index is 0.395. The molecule has 4 aromatic rings. The van der Waals surface area contributed by atoms with Crippen LogP contribution in [0, 0.1) is 0 Å². The summed E-state index contributed by atoms with van der Waals surface area (Å²) in [4.78, 5) is 4.34. The Balaban J connectivity index is 1.61. The van der Waals surface area contributed by atoms with E-state index in [-0.39, 0.29) is 0 Å². The lowest BCUT2D eigenvalue weighted by molar-refractivity contribution is 0.617. The second-order valence-electron chi connectivity index (χ2n) is 5.36. The fourth-order valence-corrected chi connectivity index (χ4v) is 2.53. The highest BCUT2D eigenvalue weighted by Crippen LogP contribution is 2.19. The van der Waals surface area contributed by atoms with Crippen molar-refractivity contribution in [3.8, 4) is 0 Å². The second-order valence-corrected chi connectivity index (χ2v) is 5.36. The first-order chi connectivity index (χ1) is 11.3. The van der Waals surface area contributed by atoms with Crippen LogP contribution in [0.5, 0.6) is 0 Å². The summed E-state index contributed by atoms with van der Waals surface area (Å²) in [5.41, 5.74) is 6.38. The van der Waals surface area contributed by atoms with Crippen LogP contribution in [0.25, 0.3) is 21.9 Å². The highest BCUT2D eigenvalue weighted by molar-refractivity contribution is 6.02. The number of benzene rings is 3. The van der Waals surface area contributed by atoms with Gasteiger partial charge in [0.25, 0.3) is 0 Å². The van der Waals surface area contributed by atoms with E-state index in [2.05, 4.69) is 45.8 Å². The van der Waals surface area contributed by atoms with E-state index in [0.29, 0.717) is 6.01 Å². The Bertz CT molecular complexity index is 984. The quantitative estimate of drug-likeness (QED) is 0.436. The summed E-state index contributed by atoms with van der Waals surface area (Å²) in [6.07, 6.45) is 0. The van der Waals surface area contributed by atoms with Crippen molar-refractivity contribution in [1.82, 2.24) is 4.98 Å². The molecule has 0 aliphatic heterocycles. The van der Waals surface area contributed by atoms with Gasteiger partial charge < -0.3 is 4.42 Å². The van der Waals surface area contributed by atoms with Gasteiger partial charge in [0.15, 0.2) is 5.58 Å². The molecule has 0 spiro atoms. The van der Waals surface area contributed by atoms with Crippen molar-refractivity contribution < 1.29 is 4.42 Å². The van der Waals surface area contributed by atoms with E-state index in [9.17, 15) is 0 Å². The Morgan fingerprint density at radius 2 is 1.74 bits per heavy atom. The third-order valence-electron chi connectivity index (χ3n) is 3.78. The standard InChI is InChI=1S/C19H15N3O/c1-13(15-11-10-14-6-2-3-7-16(14)12-15)21-22-19-20-17-8-4-5-9-18(17)23-19/h2-12H,1H3,(H,20,22)/b21-13+. The molecular weight excluding hydrogens is 286 g/mol. The summed E-state index contributed by atoms with van der Waals surface area (Å²) in [7, 11) is 0. The molecule has 1 N–H and O–H groups in total. The normalized spacial score (nSPS) is 12.0. The van der Waals surface area contributed by atoms with Crippen molar-refractivity contribution in [1.29, 1.82) is 0 Å². The lowest BCUT2D eigenvalue weighted by Crippen LogP contribution is -1.99. The van der Waals surface area contributed by atoms with Crippen molar-refractivity contribution in [3.05, 3.63) is 72.3 Å². The number of hydrogen-bond acceptors (Lipinski definition) is 4. The lowest BCUT2D eigenvalue weighted by atomic mass is 10.0. The summed E-state index contributed by atoms with van der Waals surface area (Å²) >= 11 is 0. The molecule has 112 valence electrons. The number of hydrogen-bond donors (Lipinski definition) is 1. The third kappa shape index (κ3) is 2.66. The van der Waals surface area contributed by atoms with E-state index in [1.807, 2.05) is 43.3 Å². The Hall–Kier alpha value is -3.14. The van der Waals surface area contributed by atoms with Gasteiger partial charge in [-0.1, -0.05) is 48.5 Å². The smallest absolute Gasteiger partial charge is 0.316 e. The molecule has 4 nitrogen and oxygen atoms in total. The average Bonchev–Trinajstić information content (AvgIpc) is 3.02. The summed E-state index contributed by atoms with van der Waals surface area (Å²) in [5, 5.41) is 6.79. The van der Waals surface area contributed by atoms with E-state index >= 15 is 0 Å². The molecule has 0 aliphatic carbocycles. The van der Waals surface area contributed by atoms with E-state index in [1.165, 1.54) is 10.8 Å². The van der Waals surface area contributed by atoms with Crippen LogP contribution in [-0.2, 0) is 0 Å². The van der Waals surface area contributed by atoms with Gasteiger partial charge in [0.05, 0.1) is 5.71 Å². The van der Waals surface area contributed by atoms with E-state index < -0.39 is 0 Å². The predicted octanol–water partition coefficient (Wildman–Crippen LogP) is 4.82. The SMILES string of the molecule is C/C(=N\Nc1nc2ccccc2o1)c1ccc2ccccc2c1. The lowest BCUT2D eigenvalue weighted by Gasteiger charge is -2.03. The number of hydrazone groups is 1. The van der Waals surface area contributed by atoms with Crippen molar-refractivity contribution in [2.45, 2.75) is 6.92 Å². The number of nitrogens with zero attached hydrogens (tertiary/aromatic N) is 2. The molecule has 0 amide bonds. The number of aromatic nitrogens is 1. The molecule has 4 rings (SSSR count). The van der Waals surface area contributed by atoms with Gasteiger partial charge >= 0.3 is 6.01 Å². The first-order valence-corrected chi connectivity index (χ1v) is 7.45. The first kappa shape index (κ1) is 13.5. The van der Waals surface area contributed by atoms with E-state index in [4.69, 9.17) is 4.42 Å². The summed E-state index contributed by atoms with van der Waals surface area (Å²) in [6.45, 7) is 1.96. The molecule has 0 saturated carbocycles. The molecule has 0 unspecified atom stereocenters.